The van der Waals surface area contributed by atoms with Gasteiger partial charge in [-0.3, -0.25) is 9.59 Å². The first kappa shape index (κ1) is 26.0. The molecule has 11 heteroatoms. The lowest BCUT2D eigenvalue weighted by Gasteiger charge is -2.43. The molecule has 1 spiro atoms. The Morgan fingerprint density at radius 3 is 2.44 bits per heavy atom. The minimum atomic E-state index is -4.80. The molecule has 0 unspecified atom stereocenters. The number of halogens is 4. The second-order valence-corrected chi connectivity index (χ2v) is 11.4. The molecule has 39 heavy (non-hydrogen) atoms. The fraction of sp³-hybridized carbons (Fsp3) is 0.571. The molecule has 7 nitrogen and oxygen atoms in total. The zero-order chi connectivity index (χ0) is 27.7. The van der Waals surface area contributed by atoms with Crippen LogP contribution in [-0.4, -0.2) is 50.7 Å². The number of benzene rings is 1. The van der Waals surface area contributed by atoms with Crippen LogP contribution in [0.5, 0.6) is 0 Å². The number of alkyl halides is 3. The first-order valence-corrected chi connectivity index (χ1v) is 13.6. The molecule has 0 radical (unpaired) electrons. The number of hydrogen-bond donors (Lipinski definition) is 1. The van der Waals surface area contributed by atoms with Gasteiger partial charge in [-0.2, -0.15) is 13.2 Å². The number of fused-ring (bicyclic) bond motifs is 2. The number of aromatic nitrogens is 2. The van der Waals surface area contributed by atoms with Gasteiger partial charge in [-0.15, -0.1) is 0 Å². The molecule has 4 aliphatic rings. The highest BCUT2D eigenvalue weighted by Crippen LogP contribution is 2.54. The maximum Gasteiger partial charge on any atom is 0.419 e. The van der Waals surface area contributed by atoms with Gasteiger partial charge in [0, 0.05) is 36.2 Å². The molecule has 1 aromatic carbocycles. The Bertz CT molecular complexity index is 1330. The molecule has 3 heterocycles. The van der Waals surface area contributed by atoms with E-state index in [0.29, 0.717) is 56.1 Å². The summed E-state index contributed by atoms with van der Waals surface area (Å²) in [5.41, 5.74) is -0.754. The van der Waals surface area contributed by atoms with Crippen molar-refractivity contribution in [3.8, 4) is 0 Å². The van der Waals surface area contributed by atoms with Gasteiger partial charge in [0.15, 0.2) is 0 Å². The van der Waals surface area contributed by atoms with E-state index in [-0.39, 0.29) is 35.9 Å². The molecule has 1 N–H and O–H groups in total. The number of likely N-dealkylation sites (tertiary alicyclic amines) is 1. The molecule has 208 valence electrons. The summed E-state index contributed by atoms with van der Waals surface area (Å²) in [6.07, 6.45) is -0.165. The van der Waals surface area contributed by atoms with Crippen LogP contribution in [-0.2, 0) is 27.7 Å². The van der Waals surface area contributed by atoms with Crippen LogP contribution in [0.1, 0.15) is 79.7 Å². The van der Waals surface area contributed by atoms with Crippen molar-refractivity contribution in [2.24, 2.45) is 5.92 Å². The third kappa shape index (κ3) is 4.53. The van der Waals surface area contributed by atoms with Gasteiger partial charge in [0.05, 0.1) is 29.3 Å². The quantitative estimate of drug-likeness (QED) is 0.542. The van der Waals surface area contributed by atoms with Gasteiger partial charge in [0.25, 0.3) is 0 Å². The van der Waals surface area contributed by atoms with Crippen LogP contribution in [0, 0.1) is 18.7 Å². The molecule has 1 atom stereocenters. The van der Waals surface area contributed by atoms with Crippen LogP contribution >= 0.6 is 0 Å². The summed E-state index contributed by atoms with van der Waals surface area (Å²) in [6, 6.07) is 2.41. The Hall–Kier alpha value is -3.24. The number of amides is 2. The van der Waals surface area contributed by atoms with E-state index >= 15 is 0 Å². The van der Waals surface area contributed by atoms with Crippen molar-refractivity contribution in [2.75, 3.05) is 18.4 Å². The van der Waals surface area contributed by atoms with E-state index in [0.717, 1.165) is 24.5 Å². The van der Waals surface area contributed by atoms with Crippen molar-refractivity contribution >= 4 is 17.6 Å². The number of carbonyl (C=O) groups excluding carboxylic acids is 2. The van der Waals surface area contributed by atoms with Crippen molar-refractivity contribution < 1.29 is 27.2 Å². The largest absolute Gasteiger partial charge is 0.419 e. The summed E-state index contributed by atoms with van der Waals surface area (Å²) in [4.78, 5) is 39.3. The standard InChI is InChI=1S/C28H31F4N5O2/c1-15(19-4-3-5-21(22(19)29)28(30,31)32)33-24-20-14-37(18-8-12-36(13-9-18)25(38)17-6-7-17)26(39)27(10-11-27)23(20)34-16(2)35-24/h3-5,15,17-18H,6-14H2,1-2H3,(H,33,34,35)/t15-/m1/s1. The van der Waals surface area contributed by atoms with E-state index in [2.05, 4.69) is 15.3 Å². The van der Waals surface area contributed by atoms with Gasteiger partial charge in [0.1, 0.15) is 17.5 Å². The number of aryl methyl sites for hydroxylation is 1. The topological polar surface area (TPSA) is 78.4 Å². The number of anilines is 1. The maximum absolute atomic E-state index is 14.9. The minimum Gasteiger partial charge on any atom is -0.363 e. The number of piperidine rings is 1. The molecule has 2 amide bonds. The van der Waals surface area contributed by atoms with Gasteiger partial charge in [-0.25, -0.2) is 14.4 Å². The molecule has 1 aromatic heterocycles. The Balaban J connectivity index is 1.28. The fourth-order valence-electron chi connectivity index (χ4n) is 6.12. The van der Waals surface area contributed by atoms with Crippen LogP contribution in [0.15, 0.2) is 18.2 Å². The van der Waals surface area contributed by atoms with Gasteiger partial charge < -0.3 is 15.1 Å². The fourth-order valence-corrected chi connectivity index (χ4v) is 6.12. The molecule has 2 aromatic rings. The Morgan fingerprint density at radius 2 is 1.82 bits per heavy atom. The summed E-state index contributed by atoms with van der Waals surface area (Å²) in [5, 5.41) is 3.14. The van der Waals surface area contributed by atoms with Crippen molar-refractivity contribution in [1.29, 1.82) is 0 Å². The van der Waals surface area contributed by atoms with E-state index in [1.807, 2.05) is 9.80 Å². The third-order valence-corrected chi connectivity index (χ3v) is 8.62. The van der Waals surface area contributed by atoms with Gasteiger partial charge in [0.2, 0.25) is 11.8 Å². The first-order chi connectivity index (χ1) is 18.5. The van der Waals surface area contributed by atoms with Crippen molar-refractivity contribution in [3.05, 3.63) is 52.2 Å². The average molecular weight is 546 g/mol. The van der Waals surface area contributed by atoms with E-state index in [4.69, 9.17) is 0 Å². The lowest BCUT2D eigenvalue weighted by molar-refractivity contribution is -0.141. The predicted octanol–water partition coefficient (Wildman–Crippen LogP) is 4.89. The average Bonchev–Trinajstić information content (AvgIpc) is 3.81. The van der Waals surface area contributed by atoms with E-state index in [9.17, 15) is 27.2 Å². The van der Waals surface area contributed by atoms with Crippen molar-refractivity contribution in [1.82, 2.24) is 19.8 Å². The smallest absolute Gasteiger partial charge is 0.363 e. The highest BCUT2D eigenvalue weighted by molar-refractivity contribution is 5.93. The molecule has 0 bridgehead atoms. The number of carbonyl (C=O) groups is 2. The lowest BCUT2D eigenvalue weighted by Crippen LogP contribution is -2.53. The van der Waals surface area contributed by atoms with Crippen LogP contribution in [0.3, 0.4) is 0 Å². The van der Waals surface area contributed by atoms with Gasteiger partial charge >= 0.3 is 6.18 Å². The van der Waals surface area contributed by atoms with Crippen LogP contribution in [0.2, 0.25) is 0 Å². The summed E-state index contributed by atoms with van der Waals surface area (Å²) in [7, 11) is 0. The Morgan fingerprint density at radius 1 is 1.13 bits per heavy atom. The van der Waals surface area contributed by atoms with Gasteiger partial charge in [-0.05, 0) is 58.4 Å². The summed E-state index contributed by atoms with van der Waals surface area (Å²) < 4.78 is 54.8. The molecule has 1 saturated heterocycles. The summed E-state index contributed by atoms with van der Waals surface area (Å²) in [5.74, 6) is -0.0408. The summed E-state index contributed by atoms with van der Waals surface area (Å²) >= 11 is 0. The highest BCUT2D eigenvalue weighted by Gasteiger charge is 2.59. The van der Waals surface area contributed by atoms with E-state index < -0.39 is 29.0 Å². The Labute approximate surface area is 224 Å². The van der Waals surface area contributed by atoms with Crippen LogP contribution in [0.4, 0.5) is 23.4 Å². The second-order valence-electron chi connectivity index (χ2n) is 11.4. The predicted molar refractivity (Wildman–Crippen MR) is 134 cm³/mol. The zero-order valence-corrected chi connectivity index (χ0v) is 21.9. The molecule has 6 rings (SSSR count). The Kier molecular flexibility index (Phi) is 6.11. The van der Waals surface area contributed by atoms with Crippen LogP contribution < -0.4 is 5.32 Å². The molecular formula is C28H31F4N5O2. The lowest BCUT2D eigenvalue weighted by atomic mass is 9.88. The maximum atomic E-state index is 14.9. The minimum absolute atomic E-state index is 0.0288. The SMILES string of the molecule is Cc1nc(N[C@H](C)c2cccc(C(F)(F)F)c2F)c2c(n1)C1(CC1)C(=O)N(C1CCN(C(=O)C3CC3)CC1)C2. The molecular weight excluding hydrogens is 514 g/mol. The molecule has 2 aliphatic heterocycles. The number of nitrogens with one attached hydrogen (secondary N) is 1. The monoisotopic (exact) mass is 545 g/mol. The number of nitrogens with zero attached hydrogens (tertiary/aromatic N) is 4. The first-order valence-electron chi connectivity index (χ1n) is 13.6. The number of rotatable bonds is 5. The normalized spacial score (nSPS) is 21.6. The molecule has 3 fully saturated rings. The van der Waals surface area contributed by atoms with Gasteiger partial charge in [-0.1, -0.05) is 12.1 Å². The molecule has 2 saturated carbocycles. The second kappa shape index (κ2) is 9.16. The highest BCUT2D eigenvalue weighted by atomic mass is 19.4. The van der Waals surface area contributed by atoms with Crippen molar-refractivity contribution in [3.63, 3.8) is 0 Å². The molecule has 2 aliphatic carbocycles. The van der Waals surface area contributed by atoms with E-state index in [1.54, 1.807) is 13.8 Å². The third-order valence-electron chi connectivity index (χ3n) is 8.62. The van der Waals surface area contributed by atoms with E-state index in [1.165, 1.54) is 12.1 Å². The summed E-state index contributed by atoms with van der Waals surface area (Å²) in [6.45, 7) is 4.79. The van der Waals surface area contributed by atoms with Crippen molar-refractivity contribution in [2.45, 2.75) is 82.6 Å². The number of hydrogen-bond acceptors (Lipinski definition) is 5. The van der Waals surface area contributed by atoms with Crippen LogP contribution in [0.25, 0.3) is 0 Å². The zero-order valence-electron chi connectivity index (χ0n) is 21.9.